The van der Waals surface area contributed by atoms with Crippen LogP contribution in [0, 0.1) is 5.82 Å². The van der Waals surface area contributed by atoms with Gasteiger partial charge in [0.15, 0.2) is 0 Å². The van der Waals surface area contributed by atoms with Crippen molar-refractivity contribution in [3.63, 3.8) is 0 Å². The smallest absolute Gasteiger partial charge is 0.246 e. The van der Waals surface area contributed by atoms with E-state index in [9.17, 15) is 9.18 Å². The average molecular weight is 249 g/mol. The van der Waals surface area contributed by atoms with Gasteiger partial charge in [0.05, 0.1) is 6.61 Å². The molecule has 1 amide bonds. The van der Waals surface area contributed by atoms with Gasteiger partial charge in [0, 0.05) is 18.7 Å². The Morgan fingerprint density at radius 3 is 2.61 bits per heavy atom. The van der Waals surface area contributed by atoms with E-state index in [4.69, 9.17) is 5.11 Å². The first-order valence-corrected chi connectivity index (χ1v) is 6.06. The van der Waals surface area contributed by atoms with Crippen LogP contribution in [0.1, 0.15) is 18.4 Å². The Kier molecular flexibility index (Phi) is 4.10. The first-order chi connectivity index (χ1) is 8.70. The lowest BCUT2D eigenvalue weighted by atomic mass is 10.2. The molecule has 18 heavy (non-hydrogen) atoms. The SMILES string of the molecule is O=C(/C=C/c1ccc(F)cc1)N(CCO)C1CC1. The molecule has 1 aromatic carbocycles. The molecule has 0 saturated heterocycles. The monoisotopic (exact) mass is 249 g/mol. The van der Waals surface area contributed by atoms with Crippen LogP contribution in [-0.4, -0.2) is 35.1 Å². The van der Waals surface area contributed by atoms with Crippen molar-refractivity contribution in [2.75, 3.05) is 13.2 Å². The van der Waals surface area contributed by atoms with E-state index in [0.717, 1.165) is 18.4 Å². The molecule has 1 aliphatic carbocycles. The van der Waals surface area contributed by atoms with Crippen LogP contribution >= 0.6 is 0 Å². The second-order valence-electron chi connectivity index (χ2n) is 4.37. The number of halogens is 1. The molecule has 0 bridgehead atoms. The van der Waals surface area contributed by atoms with Crippen LogP contribution in [0.15, 0.2) is 30.3 Å². The van der Waals surface area contributed by atoms with Gasteiger partial charge in [-0.25, -0.2) is 4.39 Å². The molecule has 1 aromatic rings. The molecular weight excluding hydrogens is 233 g/mol. The lowest BCUT2D eigenvalue weighted by molar-refractivity contribution is -0.127. The molecule has 1 fully saturated rings. The van der Waals surface area contributed by atoms with Gasteiger partial charge in [-0.3, -0.25) is 4.79 Å². The number of rotatable bonds is 5. The van der Waals surface area contributed by atoms with Crippen LogP contribution in [-0.2, 0) is 4.79 Å². The van der Waals surface area contributed by atoms with Crippen molar-refractivity contribution in [2.24, 2.45) is 0 Å². The van der Waals surface area contributed by atoms with Gasteiger partial charge < -0.3 is 10.0 Å². The molecule has 1 aliphatic rings. The first kappa shape index (κ1) is 12.8. The normalized spacial score (nSPS) is 15.0. The van der Waals surface area contributed by atoms with Gasteiger partial charge in [-0.2, -0.15) is 0 Å². The number of hydrogen-bond donors (Lipinski definition) is 1. The fraction of sp³-hybridized carbons (Fsp3) is 0.357. The Morgan fingerprint density at radius 1 is 1.39 bits per heavy atom. The zero-order valence-electron chi connectivity index (χ0n) is 10.1. The standard InChI is InChI=1S/C14H16FNO2/c15-12-4-1-11(2-5-12)3-8-14(18)16(9-10-17)13-6-7-13/h1-5,8,13,17H,6-7,9-10H2/b8-3+. The highest BCUT2D eigenvalue weighted by Gasteiger charge is 2.30. The van der Waals surface area contributed by atoms with E-state index in [1.165, 1.54) is 18.2 Å². The van der Waals surface area contributed by atoms with Crippen LogP contribution in [0.5, 0.6) is 0 Å². The third-order valence-electron chi connectivity index (χ3n) is 2.90. The maximum Gasteiger partial charge on any atom is 0.246 e. The van der Waals surface area contributed by atoms with Crippen molar-refractivity contribution in [1.82, 2.24) is 4.90 Å². The van der Waals surface area contributed by atoms with Crippen molar-refractivity contribution < 1.29 is 14.3 Å². The van der Waals surface area contributed by atoms with Gasteiger partial charge in [-0.15, -0.1) is 0 Å². The summed E-state index contributed by atoms with van der Waals surface area (Å²) in [6.45, 7) is 0.351. The molecule has 0 heterocycles. The Hall–Kier alpha value is -1.68. The van der Waals surface area contributed by atoms with Crippen LogP contribution in [0.25, 0.3) is 6.08 Å². The zero-order chi connectivity index (χ0) is 13.0. The van der Waals surface area contributed by atoms with Gasteiger partial charge in [0.25, 0.3) is 0 Å². The predicted octanol–water partition coefficient (Wildman–Crippen LogP) is 1.82. The molecule has 0 aromatic heterocycles. The van der Waals surface area contributed by atoms with E-state index >= 15 is 0 Å². The van der Waals surface area contributed by atoms with E-state index in [0.29, 0.717) is 6.54 Å². The quantitative estimate of drug-likeness (QED) is 0.809. The first-order valence-electron chi connectivity index (χ1n) is 6.06. The van der Waals surface area contributed by atoms with Crippen molar-refractivity contribution in [3.8, 4) is 0 Å². The number of aliphatic hydroxyl groups is 1. The molecule has 2 rings (SSSR count). The fourth-order valence-electron chi connectivity index (χ4n) is 1.80. The topological polar surface area (TPSA) is 40.5 Å². The summed E-state index contributed by atoms with van der Waals surface area (Å²) >= 11 is 0. The predicted molar refractivity (Wildman–Crippen MR) is 67.3 cm³/mol. The number of carbonyl (C=O) groups is 1. The minimum Gasteiger partial charge on any atom is -0.395 e. The van der Waals surface area contributed by atoms with Gasteiger partial charge in [0.2, 0.25) is 5.91 Å². The molecule has 0 spiro atoms. The molecular formula is C14H16FNO2. The number of nitrogens with zero attached hydrogens (tertiary/aromatic N) is 1. The summed E-state index contributed by atoms with van der Waals surface area (Å²) in [7, 11) is 0. The Labute approximate surface area is 106 Å². The molecule has 96 valence electrons. The van der Waals surface area contributed by atoms with E-state index in [2.05, 4.69) is 0 Å². The molecule has 0 unspecified atom stereocenters. The molecule has 1 saturated carbocycles. The highest BCUT2D eigenvalue weighted by molar-refractivity contribution is 5.92. The maximum atomic E-state index is 12.7. The number of benzene rings is 1. The number of carbonyl (C=O) groups excluding carboxylic acids is 1. The maximum absolute atomic E-state index is 12.7. The summed E-state index contributed by atoms with van der Waals surface area (Å²) in [6.07, 6.45) is 5.15. The zero-order valence-corrected chi connectivity index (χ0v) is 10.1. The largest absolute Gasteiger partial charge is 0.395 e. The second-order valence-corrected chi connectivity index (χ2v) is 4.37. The summed E-state index contributed by atoms with van der Waals surface area (Å²) in [5.41, 5.74) is 0.782. The third kappa shape index (κ3) is 3.40. The highest BCUT2D eigenvalue weighted by Crippen LogP contribution is 2.26. The van der Waals surface area contributed by atoms with Crippen LogP contribution in [0.4, 0.5) is 4.39 Å². The summed E-state index contributed by atoms with van der Waals surface area (Å²) in [5.74, 6) is -0.394. The Morgan fingerprint density at radius 2 is 2.06 bits per heavy atom. The van der Waals surface area contributed by atoms with Crippen molar-refractivity contribution >= 4 is 12.0 Å². The lowest BCUT2D eigenvalue weighted by Crippen LogP contribution is -2.34. The van der Waals surface area contributed by atoms with Crippen molar-refractivity contribution in [1.29, 1.82) is 0 Å². The molecule has 0 radical (unpaired) electrons. The van der Waals surface area contributed by atoms with Crippen LogP contribution < -0.4 is 0 Å². The van der Waals surface area contributed by atoms with Gasteiger partial charge in [0.1, 0.15) is 5.82 Å². The minimum absolute atomic E-state index is 0.0212. The van der Waals surface area contributed by atoms with Crippen molar-refractivity contribution in [2.45, 2.75) is 18.9 Å². The number of hydrogen-bond acceptors (Lipinski definition) is 2. The van der Waals surface area contributed by atoms with Crippen LogP contribution in [0.3, 0.4) is 0 Å². The third-order valence-corrected chi connectivity index (χ3v) is 2.90. The molecule has 4 heteroatoms. The summed E-state index contributed by atoms with van der Waals surface area (Å²) < 4.78 is 12.7. The number of amides is 1. The molecule has 0 atom stereocenters. The highest BCUT2D eigenvalue weighted by atomic mass is 19.1. The summed E-state index contributed by atoms with van der Waals surface area (Å²) in [4.78, 5) is 13.6. The minimum atomic E-state index is -0.293. The number of aliphatic hydroxyl groups excluding tert-OH is 1. The van der Waals surface area contributed by atoms with Gasteiger partial charge >= 0.3 is 0 Å². The van der Waals surface area contributed by atoms with Gasteiger partial charge in [-0.1, -0.05) is 12.1 Å². The summed E-state index contributed by atoms with van der Waals surface area (Å²) in [5, 5.41) is 8.92. The van der Waals surface area contributed by atoms with Crippen LogP contribution in [0.2, 0.25) is 0 Å². The molecule has 0 aliphatic heterocycles. The fourth-order valence-corrected chi connectivity index (χ4v) is 1.80. The second kappa shape index (κ2) is 5.78. The molecule has 3 nitrogen and oxygen atoms in total. The Balaban J connectivity index is 1.98. The van der Waals surface area contributed by atoms with Crippen molar-refractivity contribution in [3.05, 3.63) is 41.7 Å². The van der Waals surface area contributed by atoms with E-state index in [1.54, 1.807) is 23.1 Å². The van der Waals surface area contributed by atoms with E-state index in [1.807, 2.05) is 0 Å². The summed E-state index contributed by atoms with van der Waals surface area (Å²) in [6, 6.07) is 6.23. The van der Waals surface area contributed by atoms with Gasteiger partial charge in [-0.05, 0) is 36.6 Å². The molecule has 1 N–H and O–H groups in total. The van der Waals surface area contributed by atoms with E-state index < -0.39 is 0 Å². The Bertz CT molecular complexity index is 438. The van der Waals surface area contributed by atoms with E-state index in [-0.39, 0.29) is 24.4 Å². The average Bonchev–Trinajstić information content (AvgIpc) is 3.19. The lowest BCUT2D eigenvalue weighted by Gasteiger charge is -2.19.